The number of urea groups is 1. The molecule has 1 aromatic rings. The van der Waals surface area contributed by atoms with Crippen LogP contribution in [0.25, 0.3) is 0 Å². The molecule has 108 valence electrons. The molecule has 1 aliphatic heterocycles. The first-order valence-corrected chi connectivity index (χ1v) is 6.24. The van der Waals surface area contributed by atoms with Gasteiger partial charge in [-0.05, 0) is 24.3 Å². The number of hydrogen-bond donors (Lipinski definition) is 3. The first-order valence-electron chi connectivity index (χ1n) is 5.86. The van der Waals surface area contributed by atoms with E-state index < -0.39 is 24.5 Å². The Hall–Kier alpha value is -1.99. The average molecular weight is 301 g/mol. The lowest BCUT2D eigenvalue weighted by atomic mass is 10.3. The van der Waals surface area contributed by atoms with Crippen LogP contribution in [0.3, 0.4) is 0 Å². The third-order valence-corrected chi connectivity index (χ3v) is 3.07. The van der Waals surface area contributed by atoms with Crippen molar-refractivity contribution in [3.8, 4) is 0 Å². The van der Waals surface area contributed by atoms with Gasteiger partial charge in [0.2, 0.25) is 0 Å². The predicted molar refractivity (Wildman–Crippen MR) is 70.7 cm³/mol. The van der Waals surface area contributed by atoms with Gasteiger partial charge < -0.3 is 20.3 Å². The first kappa shape index (κ1) is 14.4. The van der Waals surface area contributed by atoms with Crippen LogP contribution in [0.1, 0.15) is 6.42 Å². The van der Waals surface area contributed by atoms with Crippen molar-refractivity contribution >= 4 is 29.5 Å². The predicted octanol–water partition coefficient (Wildman–Crippen LogP) is 1.96. The van der Waals surface area contributed by atoms with Gasteiger partial charge in [-0.1, -0.05) is 11.6 Å². The lowest BCUT2D eigenvalue weighted by molar-refractivity contribution is 0.00396. The molecule has 1 saturated heterocycles. The summed E-state index contributed by atoms with van der Waals surface area (Å²) in [5.74, 6) is 0. The number of anilines is 1. The van der Waals surface area contributed by atoms with E-state index in [1.165, 1.54) is 0 Å². The number of halogens is 1. The van der Waals surface area contributed by atoms with Crippen LogP contribution in [-0.2, 0) is 4.74 Å². The Labute approximate surface area is 119 Å². The van der Waals surface area contributed by atoms with Gasteiger partial charge in [-0.15, -0.1) is 0 Å². The second kappa shape index (κ2) is 5.98. The smallest absolute Gasteiger partial charge is 0.450 e. The fraction of sp³-hybridized carbons (Fsp3) is 0.333. The second-order valence-electron chi connectivity index (χ2n) is 4.32. The van der Waals surface area contributed by atoms with Crippen LogP contribution in [0, 0.1) is 0 Å². The molecule has 0 spiro atoms. The van der Waals surface area contributed by atoms with Crippen molar-refractivity contribution in [1.29, 1.82) is 0 Å². The number of rotatable bonds is 2. The summed E-state index contributed by atoms with van der Waals surface area (Å²) in [6, 6.07) is 5.90. The van der Waals surface area contributed by atoms with Gasteiger partial charge in [0.05, 0.1) is 12.6 Å². The van der Waals surface area contributed by atoms with Gasteiger partial charge in [-0.3, -0.25) is 4.90 Å². The van der Waals surface area contributed by atoms with Crippen LogP contribution in [0.4, 0.5) is 15.3 Å². The van der Waals surface area contributed by atoms with E-state index in [2.05, 4.69) is 10.1 Å². The van der Waals surface area contributed by atoms with Gasteiger partial charge in [-0.25, -0.2) is 9.59 Å². The fourth-order valence-corrected chi connectivity index (χ4v) is 2.08. The molecule has 7 nitrogen and oxygen atoms in total. The number of nitrogens with one attached hydrogen (secondary N) is 1. The summed E-state index contributed by atoms with van der Waals surface area (Å²) < 4.78 is 4.57. The van der Waals surface area contributed by atoms with Crippen molar-refractivity contribution in [3.05, 3.63) is 29.3 Å². The minimum atomic E-state index is -1.49. The monoisotopic (exact) mass is 300 g/mol. The van der Waals surface area contributed by atoms with E-state index in [-0.39, 0.29) is 13.0 Å². The number of β-amino-alcohol motifs (C(OH)–C–C–N with tert-alkyl or cyclic N) is 1. The number of carboxylic acid groups (broad SMARTS) is 1. The first-order chi connectivity index (χ1) is 9.45. The van der Waals surface area contributed by atoms with Gasteiger partial charge in [0, 0.05) is 17.1 Å². The fourth-order valence-electron chi connectivity index (χ4n) is 1.95. The summed E-state index contributed by atoms with van der Waals surface area (Å²) in [5, 5.41) is 21.2. The summed E-state index contributed by atoms with van der Waals surface area (Å²) in [6.07, 6.45) is -3.24. The van der Waals surface area contributed by atoms with Crippen LogP contribution in [-0.4, -0.2) is 46.2 Å². The molecule has 1 aliphatic rings. The Kier molecular flexibility index (Phi) is 4.31. The van der Waals surface area contributed by atoms with Crippen molar-refractivity contribution < 1.29 is 24.5 Å². The molecule has 0 radical (unpaired) electrons. The summed E-state index contributed by atoms with van der Waals surface area (Å²) >= 11 is 5.73. The van der Waals surface area contributed by atoms with Gasteiger partial charge in [0.25, 0.3) is 0 Å². The molecule has 20 heavy (non-hydrogen) atoms. The highest BCUT2D eigenvalue weighted by atomic mass is 35.5. The summed E-state index contributed by atoms with van der Waals surface area (Å²) in [7, 11) is 0. The van der Waals surface area contributed by atoms with Crippen LogP contribution in [0.15, 0.2) is 24.3 Å². The number of benzene rings is 1. The van der Waals surface area contributed by atoms with Crippen LogP contribution in [0.2, 0.25) is 5.02 Å². The number of ether oxygens (including phenoxy) is 1. The highest BCUT2D eigenvalue weighted by Gasteiger charge is 2.37. The Bertz CT molecular complexity index is 507. The van der Waals surface area contributed by atoms with Crippen molar-refractivity contribution in [3.63, 3.8) is 0 Å². The van der Waals surface area contributed by atoms with Gasteiger partial charge in [0.1, 0.15) is 0 Å². The molecule has 0 aliphatic carbocycles. The maximum Gasteiger partial charge on any atom is 0.507 e. The number of aliphatic hydroxyl groups is 1. The molecule has 0 bridgehead atoms. The minimum Gasteiger partial charge on any atom is -0.450 e. The molecular weight excluding hydrogens is 288 g/mol. The molecule has 2 amide bonds. The van der Waals surface area contributed by atoms with Crippen molar-refractivity contribution in [1.82, 2.24) is 4.90 Å². The van der Waals surface area contributed by atoms with Gasteiger partial charge in [-0.2, -0.15) is 0 Å². The Morgan fingerprint density at radius 2 is 2.00 bits per heavy atom. The van der Waals surface area contributed by atoms with Crippen LogP contribution in [0.5, 0.6) is 0 Å². The summed E-state index contributed by atoms with van der Waals surface area (Å²) in [6.45, 7) is 0.0113. The van der Waals surface area contributed by atoms with E-state index in [1.54, 1.807) is 24.3 Å². The number of hydrogen-bond acceptors (Lipinski definition) is 4. The third kappa shape index (κ3) is 3.52. The molecule has 1 fully saturated rings. The number of carbonyl (C=O) groups excluding carboxylic acids is 1. The Balaban J connectivity index is 2.03. The molecular formula is C12H13ClN2O5. The summed E-state index contributed by atoms with van der Waals surface area (Å²) in [5.41, 5.74) is 0.509. The van der Waals surface area contributed by atoms with E-state index in [1.807, 2.05) is 0 Å². The maximum absolute atomic E-state index is 12.0. The second-order valence-corrected chi connectivity index (χ2v) is 4.75. The molecule has 0 saturated carbocycles. The quantitative estimate of drug-likeness (QED) is 0.725. The Morgan fingerprint density at radius 1 is 1.35 bits per heavy atom. The lowest BCUT2D eigenvalue weighted by Crippen LogP contribution is -2.41. The topological polar surface area (TPSA) is 99.1 Å². The largest absolute Gasteiger partial charge is 0.507 e. The number of likely N-dealkylation sites (tertiary alicyclic amines) is 1. The van der Waals surface area contributed by atoms with Gasteiger partial charge >= 0.3 is 12.2 Å². The molecule has 1 heterocycles. The van der Waals surface area contributed by atoms with E-state index in [0.717, 1.165) is 4.90 Å². The number of carbonyl (C=O) groups is 2. The van der Waals surface area contributed by atoms with Crippen molar-refractivity contribution in [2.45, 2.75) is 18.8 Å². The van der Waals surface area contributed by atoms with E-state index in [9.17, 15) is 14.7 Å². The molecule has 0 unspecified atom stereocenters. The summed E-state index contributed by atoms with van der Waals surface area (Å²) in [4.78, 5) is 23.7. The molecule has 3 N–H and O–H groups in total. The van der Waals surface area contributed by atoms with E-state index >= 15 is 0 Å². The van der Waals surface area contributed by atoms with Gasteiger partial charge in [0.15, 0.2) is 6.23 Å². The number of amides is 2. The normalized spacial score (nSPS) is 21.6. The zero-order valence-corrected chi connectivity index (χ0v) is 11.1. The number of aliphatic hydroxyl groups excluding tert-OH is 1. The zero-order valence-electron chi connectivity index (χ0n) is 10.3. The average Bonchev–Trinajstić information content (AvgIpc) is 2.72. The van der Waals surface area contributed by atoms with E-state index in [4.69, 9.17) is 16.7 Å². The molecule has 8 heteroatoms. The van der Waals surface area contributed by atoms with E-state index in [0.29, 0.717) is 10.7 Å². The third-order valence-electron chi connectivity index (χ3n) is 2.82. The molecule has 1 aromatic carbocycles. The zero-order chi connectivity index (χ0) is 14.7. The van der Waals surface area contributed by atoms with Crippen molar-refractivity contribution in [2.24, 2.45) is 0 Å². The maximum atomic E-state index is 12.0. The number of nitrogens with zero attached hydrogens (tertiary/aromatic N) is 1. The molecule has 2 atom stereocenters. The highest BCUT2D eigenvalue weighted by molar-refractivity contribution is 6.30. The highest BCUT2D eigenvalue weighted by Crippen LogP contribution is 2.21. The SMILES string of the molecule is O=C(O)O[C@@H]1C[C@@H](O)CN1C(=O)Nc1ccc(Cl)cc1. The lowest BCUT2D eigenvalue weighted by Gasteiger charge is -2.23. The van der Waals surface area contributed by atoms with Crippen molar-refractivity contribution in [2.75, 3.05) is 11.9 Å². The van der Waals surface area contributed by atoms with Crippen LogP contribution < -0.4 is 5.32 Å². The van der Waals surface area contributed by atoms with Crippen LogP contribution >= 0.6 is 11.6 Å². The molecule has 2 rings (SSSR count). The Morgan fingerprint density at radius 3 is 2.60 bits per heavy atom. The standard InChI is InChI=1S/C12H13ClN2O5/c13-7-1-3-8(4-2-7)14-11(17)15-6-9(16)5-10(15)20-12(18)19/h1-4,9-10,16H,5-6H2,(H,14,17)(H,18,19)/t9-,10-/m1/s1. The molecule has 0 aromatic heterocycles. The minimum absolute atomic E-state index is 0.0113.